The molecule has 36 heavy (non-hydrogen) atoms. The molecule has 1 atom stereocenters. The van der Waals surface area contributed by atoms with Crippen LogP contribution < -0.4 is 15.0 Å². The number of nitrogens with one attached hydrogen (secondary N) is 1. The van der Waals surface area contributed by atoms with E-state index in [0.717, 1.165) is 33.2 Å². The molecule has 2 heterocycles. The third-order valence-electron chi connectivity index (χ3n) is 6.55. The highest BCUT2D eigenvalue weighted by Gasteiger charge is 2.35. The number of H-pyrrole nitrogens is 1. The summed E-state index contributed by atoms with van der Waals surface area (Å²) >= 11 is 0. The number of ether oxygens (including phenoxy) is 2. The van der Waals surface area contributed by atoms with Gasteiger partial charge in [-0.25, -0.2) is 5.01 Å². The van der Waals surface area contributed by atoms with Crippen LogP contribution in [0.4, 0.5) is 0 Å². The molecule has 0 radical (unpaired) electrons. The smallest absolute Gasteiger partial charge is 0.258 e. The highest BCUT2D eigenvalue weighted by molar-refractivity contribution is 6.13. The third kappa shape index (κ3) is 4.02. The van der Waals surface area contributed by atoms with Gasteiger partial charge in [0, 0.05) is 41.4 Å². The van der Waals surface area contributed by atoms with Gasteiger partial charge in [-0.05, 0) is 36.8 Å². The first-order valence-corrected chi connectivity index (χ1v) is 11.7. The topological polar surface area (TPSA) is 84.0 Å². The monoisotopic (exact) mass is 481 g/mol. The van der Waals surface area contributed by atoms with E-state index in [1.807, 2.05) is 61.5 Å². The number of pyridine rings is 1. The van der Waals surface area contributed by atoms with Crippen LogP contribution in [-0.4, -0.2) is 35.8 Å². The molecule has 0 bridgehead atoms. The number of amides is 1. The molecule has 1 aliphatic rings. The number of nitrogens with zero attached hydrogens (tertiary/aromatic N) is 2. The Morgan fingerprint density at radius 3 is 2.47 bits per heavy atom. The van der Waals surface area contributed by atoms with Gasteiger partial charge in [-0.1, -0.05) is 42.0 Å². The van der Waals surface area contributed by atoms with Crippen LogP contribution in [0.1, 0.15) is 36.1 Å². The fourth-order valence-corrected chi connectivity index (χ4v) is 4.87. The molecule has 7 heteroatoms. The van der Waals surface area contributed by atoms with Crippen molar-refractivity contribution in [1.82, 2.24) is 9.99 Å². The second-order valence-corrected chi connectivity index (χ2v) is 8.86. The molecule has 0 spiro atoms. The predicted octanol–water partition coefficient (Wildman–Crippen LogP) is 5.22. The summed E-state index contributed by atoms with van der Waals surface area (Å²) in [6, 6.07) is 20.9. The Kier molecular flexibility index (Phi) is 6.06. The van der Waals surface area contributed by atoms with E-state index >= 15 is 0 Å². The molecule has 0 saturated heterocycles. The number of carbonyl (C=O) groups is 1. The maximum Gasteiger partial charge on any atom is 0.258 e. The first kappa shape index (κ1) is 23.4. The van der Waals surface area contributed by atoms with Gasteiger partial charge in [0.2, 0.25) is 5.91 Å². The largest absolute Gasteiger partial charge is 0.497 e. The molecule has 3 aromatic carbocycles. The van der Waals surface area contributed by atoms with Gasteiger partial charge in [-0.2, -0.15) is 5.10 Å². The van der Waals surface area contributed by atoms with Crippen molar-refractivity contribution in [2.24, 2.45) is 5.10 Å². The molecule has 0 fully saturated rings. The number of aromatic amines is 1. The van der Waals surface area contributed by atoms with E-state index in [9.17, 15) is 9.59 Å². The van der Waals surface area contributed by atoms with E-state index in [1.165, 1.54) is 11.9 Å². The lowest BCUT2D eigenvalue weighted by atomic mass is 9.90. The van der Waals surface area contributed by atoms with Crippen LogP contribution in [-0.2, 0) is 4.79 Å². The van der Waals surface area contributed by atoms with Gasteiger partial charge in [0.15, 0.2) is 0 Å². The molecule has 0 saturated carbocycles. The molecular weight excluding hydrogens is 454 g/mol. The lowest BCUT2D eigenvalue weighted by Crippen LogP contribution is -2.24. The van der Waals surface area contributed by atoms with Crippen molar-refractivity contribution in [2.75, 3.05) is 14.2 Å². The maximum atomic E-state index is 13.5. The summed E-state index contributed by atoms with van der Waals surface area (Å²) in [5.74, 6) is 1.02. The lowest BCUT2D eigenvalue weighted by Gasteiger charge is -2.22. The van der Waals surface area contributed by atoms with E-state index in [2.05, 4.69) is 11.1 Å². The van der Waals surface area contributed by atoms with Gasteiger partial charge < -0.3 is 14.5 Å². The van der Waals surface area contributed by atoms with Crippen LogP contribution in [0.25, 0.3) is 22.0 Å². The molecule has 0 aliphatic carbocycles. The summed E-state index contributed by atoms with van der Waals surface area (Å²) in [6.07, 6.45) is 0.364. The van der Waals surface area contributed by atoms with Crippen molar-refractivity contribution >= 4 is 22.5 Å². The van der Waals surface area contributed by atoms with Crippen molar-refractivity contribution in [3.8, 4) is 22.6 Å². The van der Waals surface area contributed by atoms with E-state index in [1.54, 1.807) is 20.3 Å². The molecule has 182 valence electrons. The van der Waals surface area contributed by atoms with Gasteiger partial charge in [-0.3, -0.25) is 9.59 Å². The Bertz CT molecular complexity index is 1560. The van der Waals surface area contributed by atoms with E-state index < -0.39 is 6.04 Å². The van der Waals surface area contributed by atoms with Gasteiger partial charge >= 0.3 is 0 Å². The molecule has 1 amide bonds. The van der Waals surface area contributed by atoms with Crippen LogP contribution in [0.5, 0.6) is 11.5 Å². The van der Waals surface area contributed by atoms with Crippen LogP contribution in [0.3, 0.4) is 0 Å². The Balaban J connectivity index is 1.72. The fraction of sp³-hybridized carbons (Fsp3) is 0.207. The van der Waals surface area contributed by atoms with Crippen molar-refractivity contribution in [3.05, 3.63) is 93.8 Å². The van der Waals surface area contributed by atoms with Crippen molar-refractivity contribution in [3.63, 3.8) is 0 Å². The summed E-state index contributed by atoms with van der Waals surface area (Å²) in [6.45, 7) is 3.50. The summed E-state index contributed by atoms with van der Waals surface area (Å²) in [7, 11) is 3.17. The van der Waals surface area contributed by atoms with Crippen LogP contribution in [0, 0.1) is 6.92 Å². The minimum Gasteiger partial charge on any atom is -0.497 e. The summed E-state index contributed by atoms with van der Waals surface area (Å²) in [5.41, 5.74) is 5.13. The number of methoxy groups -OCH3 is 2. The molecule has 1 aliphatic heterocycles. The number of hydrogen-bond acceptors (Lipinski definition) is 5. The van der Waals surface area contributed by atoms with E-state index in [0.29, 0.717) is 29.2 Å². The SMILES string of the molecule is COc1ccc([C@@H]2CC(c3c(-c4ccccc4)c4cc(C)ccc4[nH]c3=O)=NN2C(C)=O)c(OC)c1. The Morgan fingerprint density at radius 1 is 1.00 bits per heavy atom. The zero-order valence-corrected chi connectivity index (χ0v) is 20.7. The number of fused-ring (bicyclic) bond motifs is 1. The second-order valence-electron chi connectivity index (χ2n) is 8.86. The summed E-state index contributed by atoms with van der Waals surface area (Å²) in [5, 5.41) is 7.07. The number of hydrazone groups is 1. The third-order valence-corrected chi connectivity index (χ3v) is 6.55. The van der Waals surface area contributed by atoms with Gasteiger partial charge in [0.05, 0.1) is 31.5 Å². The highest BCUT2D eigenvalue weighted by Crippen LogP contribution is 2.40. The summed E-state index contributed by atoms with van der Waals surface area (Å²) in [4.78, 5) is 29.3. The molecule has 7 nitrogen and oxygen atoms in total. The van der Waals surface area contributed by atoms with Crippen LogP contribution in [0.2, 0.25) is 0 Å². The number of hydrogen-bond donors (Lipinski definition) is 1. The van der Waals surface area contributed by atoms with E-state index in [4.69, 9.17) is 14.6 Å². The number of benzene rings is 3. The van der Waals surface area contributed by atoms with Crippen molar-refractivity contribution < 1.29 is 14.3 Å². The predicted molar refractivity (Wildman–Crippen MR) is 141 cm³/mol. The highest BCUT2D eigenvalue weighted by atomic mass is 16.5. The number of aromatic nitrogens is 1. The van der Waals surface area contributed by atoms with Crippen molar-refractivity contribution in [2.45, 2.75) is 26.3 Å². The lowest BCUT2D eigenvalue weighted by molar-refractivity contribution is -0.130. The summed E-state index contributed by atoms with van der Waals surface area (Å²) < 4.78 is 11.0. The average Bonchev–Trinajstić information content (AvgIpc) is 3.33. The molecule has 0 unspecified atom stereocenters. The second kappa shape index (κ2) is 9.34. The van der Waals surface area contributed by atoms with Crippen molar-refractivity contribution in [1.29, 1.82) is 0 Å². The normalized spacial score (nSPS) is 15.2. The standard InChI is InChI=1S/C29H27N3O4/c1-17-10-13-23-22(14-17)27(19-8-6-5-7-9-19)28(29(34)30-23)24-16-25(32(31-24)18(2)33)21-12-11-20(35-3)15-26(21)36-4/h5-15,25H,16H2,1-4H3,(H,30,34)/t25-/m0/s1. The Hall–Kier alpha value is -4.39. The molecule has 1 N–H and O–H groups in total. The Morgan fingerprint density at radius 2 is 1.78 bits per heavy atom. The van der Waals surface area contributed by atoms with Crippen LogP contribution >= 0.6 is 0 Å². The quantitative estimate of drug-likeness (QED) is 0.424. The molecule has 1 aromatic heterocycles. The number of rotatable bonds is 5. The zero-order chi connectivity index (χ0) is 25.4. The fourth-order valence-electron chi connectivity index (χ4n) is 4.87. The number of carbonyl (C=O) groups excluding carboxylic acids is 1. The zero-order valence-electron chi connectivity index (χ0n) is 20.7. The first-order valence-electron chi connectivity index (χ1n) is 11.7. The Labute approximate surface area is 209 Å². The molecule has 4 aromatic rings. The number of aryl methyl sites for hydroxylation is 1. The average molecular weight is 482 g/mol. The van der Waals surface area contributed by atoms with Gasteiger partial charge in [0.1, 0.15) is 11.5 Å². The van der Waals surface area contributed by atoms with Crippen LogP contribution in [0.15, 0.2) is 76.6 Å². The maximum absolute atomic E-state index is 13.5. The van der Waals surface area contributed by atoms with Gasteiger partial charge in [0.25, 0.3) is 5.56 Å². The molecular formula is C29H27N3O4. The first-order chi connectivity index (χ1) is 17.4. The van der Waals surface area contributed by atoms with E-state index in [-0.39, 0.29) is 11.5 Å². The minimum atomic E-state index is -0.422. The molecule has 5 rings (SSSR count). The minimum absolute atomic E-state index is 0.220. The van der Waals surface area contributed by atoms with Gasteiger partial charge in [-0.15, -0.1) is 0 Å².